The Balaban J connectivity index is 0.00000123. The molecule has 4 heterocycles. The molecule has 0 aliphatic rings. The van der Waals surface area contributed by atoms with Gasteiger partial charge in [-0.25, -0.2) is 19.3 Å². The van der Waals surface area contributed by atoms with Crippen LogP contribution in [0.3, 0.4) is 0 Å². The third kappa shape index (κ3) is 30.6. The Hall–Kier alpha value is -2.11. The quantitative estimate of drug-likeness (QED) is 0.0264. The van der Waals surface area contributed by atoms with Gasteiger partial charge in [-0.2, -0.15) is 36.5 Å². The minimum absolute atomic E-state index is 0. The number of hydrogen-bond donors (Lipinski definition) is 0. The second-order valence-electron chi connectivity index (χ2n) is 25.1. The molecule has 0 aromatic carbocycles. The fourth-order valence-corrected chi connectivity index (χ4v) is 24.0. The van der Waals surface area contributed by atoms with Crippen molar-refractivity contribution in [2.45, 2.75) is 229 Å². The van der Waals surface area contributed by atoms with Crippen LogP contribution in [-0.2, 0) is 58.2 Å². The molecule has 0 saturated heterocycles. The topological polar surface area (TPSA) is 108 Å². The Kier molecular flexibility index (Phi) is 35.1. The monoisotopic (exact) mass is 1380 g/mol. The third-order valence-corrected chi connectivity index (χ3v) is 34.1. The van der Waals surface area contributed by atoms with Crippen LogP contribution >= 0.6 is 15.9 Å². The van der Waals surface area contributed by atoms with Gasteiger partial charge in [0.05, 0.1) is 4.47 Å². The summed E-state index contributed by atoms with van der Waals surface area (Å²) in [5, 5.41) is 8.84. The summed E-state index contributed by atoms with van der Waals surface area (Å²) < 4.78 is 116. The van der Waals surface area contributed by atoms with Gasteiger partial charge in [0.2, 0.25) is 0 Å². The molecule has 4 aromatic heterocycles. The van der Waals surface area contributed by atoms with E-state index < -0.39 is 74.4 Å². The average Bonchev–Trinajstić information content (AvgIpc) is 4.13. The average molecular weight is 1380 g/mol. The van der Waals surface area contributed by atoms with Crippen LogP contribution in [0.4, 0.5) is 26.3 Å². The normalized spacial score (nSPS) is 12.5. The maximum Gasteiger partial charge on any atom is 0.434 e. The number of rotatable bonds is 33. The second kappa shape index (κ2) is 36.0. The number of alkyl halides is 6. The van der Waals surface area contributed by atoms with E-state index >= 15 is 0 Å². The first kappa shape index (κ1) is 77.9. The number of aromatic nitrogens is 8. The molecular weight excluding hydrogens is 1270 g/mol. The van der Waals surface area contributed by atoms with Crippen molar-refractivity contribution in [3.63, 3.8) is 0 Å². The van der Waals surface area contributed by atoms with Gasteiger partial charge in [0.1, 0.15) is 38.3 Å². The molecule has 0 spiro atoms. The van der Waals surface area contributed by atoms with Gasteiger partial charge in [-0.15, -0.1) is 0 Å². The van der Waals surface area contributed by atoms with Crippen LogP contribution in [0, 0.1) is 0 Å². The summed E-state index contributed by atoms with van der Waals surface area (Å²) in [4.78, 5) is 7.65. The summed E-state index contributed by atoms with van der Waals surface area (Å²) >= 11 is 1.54. The number of nitrogens with zero attached hydrogens (tertiary/aromatic N) is 8. The molecule has 0 saturated carbocycles. The number of halogens is 7. The van der Waals surface area contributed by atoms with Crippen LogP contribution in [0.1, 0.15) is 91.1 Å². The summed E-state index contributed by atoms with van der Waals surface area (Å²) in [5.74, 6) is 0.203. The zero-order valence-corrected chi connectivity index (χ0v) is 58.5. The molecular formula is C56H105BrF6N8O4Si4Sn. The van der Waals surface area contributed by atoms with Gasteiger partial charge in [-0.05, 0) is 40.1 Å². The van der Waals surface area contributed by atoms with Crippen LogP contribution in [-0.4, -0.2) is 116 Å². The van der Waals surface area contributed by atoms with Gasteiger partial charge in [-0.1, -0.05) is 106 Å². The molecule has 12 nitrogen and oxygen atoms in total. The van der Waals surface area contributed by atoms with Crippen LogP contribution in [0.25, 0.3) is 29.1 Å². The summed E-state index contributed by atoms with van der Waals surface area (Å²) in [5.41, 5.74) is -0.723. The van der Waals surface area contributed by atoms with Gasteiger partial charge in [-0.3, -0.25) is 0 Å². The first-order chi connectivity index (χ1) is 36.1. The number of imidazole rings is 2. The predicted octanol–water partition coefficient (Wildman–Crippen LogP) is 19.0. The van der Waals surface area contributed by atoms with Crippen molar-refractivity contribution in [3.05, 3.63) is 63.5 Å². The van der Waals surface area contributed by atoms with E-state index in [0.29, 0.717) is 47.9 Å². The molecule has 0 unspecified atom stereocenters. The zero-order valence-electron chi connectivity index (χ0n) is 50.1. The van der Waals surface area contributed by atoms with Crippen molar-refractivity contribution in [3.8, 4) is 23.0 Å². The SMILES string of the molecule is C.C.C=Cc1cn(COCC[Si](C)(C)C)nc1-c1nc(C(F)(F)F)cn1COCC[Si](C)(C)C.C=[CH][Sn]([CH2]CCC)([CH2]CCC)[CH2]CCC.C[Si](C)(C)CCOCn1cc(Br)c(-c2nc(C(F)(F)F)cn2COCC[Si](C)(C)C)n1. The molecule has 462 valence electrons. The first-order valence-electron chi connectivity index (χ1n) is 27.8. The maximum absolute atomic E-state index is 13.4. The standard InChI is InChI=1S/C21H35F3N4O2Si2.C19H32BrF3N4O2Si2.3C4H9.C2H3.2CH4.Sn/c1-8-17-13-28(16-30-10-12-32(5,6)7)26-19(17)20-25-18(21(22,23)24)14-27(20)15-29-9-11-31(2,3)4;1-30(2,3)9-7-28-13-26-12-16(19(21,22)23)24-18(26)17-15(20)11-27(25-17)14-29-8-10-31(4,5)6;3*1-3-4-2;1-2;;;/h8,13-14H,1,9-12,15-16H2,2-7H3;11-12H,7-10,13-14H2,1-6H3;3*1,3-4H2,2H3;1H,2H2;2*1H4;. The van der Waals surface area contributed by atoms with Crippen molar-refractivity contribution in [1.29, 1.82) is 0 Å². The third-order valence-electron chi connectivity index (χ3n) is 12.7. The number of unbranched alkanes of at least 4 members (excludes halogenated alkanes) is 3. The van der Waals surface area contributed by atoms with Crippen molar-refractivity contribution >= 4 is 72.7 Å². The Morgan fingerprint density at radius 2 is 0.850 bits per heavy atom. The largest absolute Gasteiger partial charge is 0.434 e. The van der Waals surface area contributed by atoms with Crippen LogP contribution < -0.4 is 0 Å². The van der Waals surface area contributed by atoms with Gasteiger partial charge in [0.15, 0.2) is 23.0 Å². The van der Waals surface area contributed by atoms with Gasteiger partial charge in [0.25, 0.3) is 0 Å². The van der Waals surface area contributed by atoms with Crippen LogP contribution in [0.5, 0.6) is 0 Å². The van der Waals surface area contributed by atoms with Crippen molar-refractivity contribution < 1.29 is 45.3 Å². The van der Waals surface area contributed by atoms with E-state index in [1.807, 2.05) is 0 Å². The molecule has 0 bridgehead atoms. The molecule has 0 amide bonds. The summed E-state index contributed by atoms with van der Waals surface area (Å²) in [6.45, 7) is 44.4. The molecule has 80 heavy (non-hydrogen) atoms. The maximum atomic E-state index is 13.4. The number of ether oxygens (including phenoxy) is 4. The minimum atomic E-state index is -4.56. The van der Waals surface area contributed by atoms with Gasteiger partial charge >= 0.3 is 114 Å². The molecule has 0 fully saturated rings. The molecule has 0 radical (unpaired) electrons. The van der Waals surface area contributed by atoms with E-state index in [1.165, 1.54) is 47.7 Å². The first-order valence-corrected chi connectivity index (χ1v) is 51.1. The van der Waals surface area contributed by atoms with E-state index in [1.54, 1.807) is 41.1 Å². The molecule has 24 heteroatoms. The summed E-state index contributed by atoms with van der Waals surface area (Å²) in [6.07, 6.45) is 6.24. The number of hydrogen-bond acceptors (Lipinski definition) is 8. The van der Waals surface area contributed by atoms with E-state index in [0.717, 1.165) is 36.6 Å². The van der Waals surface area contributed by atoms with Crippen LogP contribution in [0.2, 0.25) is 116 Å². The fraction of sp³-hybridized carbons (Fsp3) is 0.714. The van der Waals surface area contributed by atoms with Gasteiger partial charge < -0.3 is 28.1 Å². The second-order valence-corrected chi connectivity index (χ2v) is 61.7. The summed E-state index contributed by atoms with van der Waals surface area (Å²) in [6, 6.07) is 3.89. The Bertz CT molecular complexity index is 2350. The van der Waals surface area contributed by atoms with Crippen molar-refractivity contribution in [2.75, 3.05) is 26.4 Å². The van der Waals surface area contributed by atoms with E-state index in [2.05, 4.69) is 153 Å². The summed E-state index contributed by atoms with van der Waals surface area (Å²) in [7, 11) is -5.02. The predicted molar refractivity (Wildman–Crippen MR) is 340 cm³/mol. The van der Waals surface area contributed by atoms with E-state index in [-0.39, 0.29) is 53.4 Å². The van der Waals surface area contributed by atoms with Gasteiger partial charge in [0, 0.05) is 89.1 Å². The Morgan fingerprint density at radius 3 is 1.16 bits per heavy atom. The molecule has 0 N–H and O–H groups in total. The van der Waals surface area contributed by atoms with Crippen LogP contribution in [0.15, 0.2) is 46.5 Å². The van der Waals surface area contributed by atoms with E-state index in [9.17, 15) is 26.3 Å². The van der Waals surface area contributed by atoms with Crippen molar-refractivity contribution in [1.82, 2.24) is 38.7 Å². The molecule has 0 aliphatic heterocycles. The van der Waals surface area contributed by atoms with E-state index in [4.69, 9.17) is 18.9 Å². The molecule has 0 aliphatic carbocycles. The molecule has 4 rings (SSSR count). The Morgan fingerprint density at radius 1 is 0.525 bits per heavy atom. The molecule has 4 aromatic rings. The molecule has 0 atom stereocenters. The zero-order chi connectivity index (χ0) is 59.2. The minimum Gasteiger partial charge on any atom is -0.361 e. The Labute approximate surface area is 495 Å². The van der Waals surface area contributed by atoms with Crippen molar-refractivity contribution in [2.24, 2.45) is 0 Å². The fourth-order valence-electron chi connectivity index (χ4n) is 7.54. The smallest absolute Gasteiger partial charge is 0.361 e.